The Morgan fingerprint density at radius 2 is 1.93 bits per heavy atom. The van der Waals surface area contributed by atoms with Crippen LogP contribution < -0.4 is 5.32 Å². The molecule has 2 heterocycles. The molecule has 1 N–H and O–H groups in total. The van der Waals surface area contributed by atoms with E-state index in [9.17, 15) is 9.59 Å². The van der Waals surface area contributed by atoms with Gasteiger partial charge in [0.25, 0.3) is 5.91 Å². The Bertz CT molecular complexity index is 841. The van der Waals surface area contributed by atoms with Crippen LogP contribution in [0.2, 0.25) is 0 Å². The van der Waals surface area contributed by atoms with Gasteiger partial charge in [0.15, 0.2) is 0 Å². The zero-order chi connectivity index (χ0) is 21.5. The molecule has 0 unspecified atom stereocenters. The molecule has 1 saturated heterocycles. The fourth-order valence-corrected chi connectivity index (χ4v) is 3.96. The number of methoxy groups -OCH3 is 1. The summed E-state index contributed by atoms with van der Waals surface area (Å²) >= 11 is 0. The molecule has 0 saturated carbocycles. The third-order valence-electron chi connectivity index (χ3n) is 5.92. The van der Waals surface area contributed by atoms with Crippen molar-refractivity contribution >= 4 is 11.8 Å². The molecule has 0 radical (unpaired) electrons. The van der Waals surface area contributed by atoms with Crippen LogP contribution in [0, 0.1) is 18.8 Å². The highest BCUT2D eigenvalue weighted by molar-refractivity contribution is 5.95. The normalized spacial score (nSPS) is 15.8. The first-order valence-electron chi connectivity index (χ1n) is 10.7. The maximum Gasteiger partial charge on any atom is 0.257 e. The van der Waals surface area contributed by atoms with Gasteiger partial charge in [0.2, 0.25) is 5.91 Å². The number of carbonyl (C=O) groups is 2. The first-order chi connectivity index (χ1) is 14.5. The summed E-state index contributed by atoms with van der Waals surface area (Å²) in [5, 5.41) is 7.50. The monoisotopic (exact) mass is 412 g/mol. The number of ether oxygens (including phenoxy) is 1. The number of carbonyl (C=O) groups excluding carboxylic acids is 2. The van der Waals surface area contributed by atoms with Crippen LogP contribution in [0.25, 0.3) is 5.69 Å². The summed E-state index contributed by atoms with van der Waals surface area (Å²) in [6, 6.07) is 9.79. The van der Waals surface area contributed by atoms with E-state index in [1.807, 2.05) is 55.3 Å². The van der Waals surface area contributed by atoms with Crippen molar-refractivity contribution in [2.75, 3.05) is 33.4 Å². The summed E-state index contributed by atoms with van der Waals surface area (Å²) in [6.45, 7) is 6.48. The lowest BCUT2D eigenvalue weighted by Gasteiger charge is -2.34. The van der Waals surface area contributed by atoms with Gasteiger partial charge >= 0.3 is 0 Å². The van der Waals surface area contributed by atoms with Crippen molar-refractivity contribution in [1.82, 2.24) is 20.0 Å². The minimum atomic E-state index is -0.0487. The molecule has 0 bridgehead atoms. The number of aryl methyl sites for hydroxylation is 1. The molecule has 7 nitrogen and oxygen atoms in total. The number of likely N-dealkylation sites (tertiary alicyclic amines) is 1. The zero-order valence-corrected chi connectivity index (χ0v) is 18.1. The molecule has 1 aromatic carbocycles. The van der Waals surface area contributed by atoms with Crippen molar-refractivity contribution in [3.05, 3.63) is 47.8 Å². The molecule has 2 amide bonds. The van der Waals surface area contributed by atoms with Crippen LogP contribution in [0.4, 0.5) is 0 Å². The van der Waals surface area contributed by atoms with Crippen LogP contribution in [0.15, 0.2) is 36.5 Å². The topological polar surface area (TPSA) is 76.5 Å². The van der Waals surface area contributed by atoms with E-state index in [0.717, 1.165) is 30.6 Å². The maximum atomic E-state index is 13.1. The van der Waals surface area contributed by atoms with Gasteiger partial charge in [-0.15, -0.1) is 0 Å². The highest BCUT2D eigenvalue weighted by atomic mass is 16.5. The van der Waals surface area contributed by atoms with Crippen LogP contribution in [-0.2, 0) is 9.53 Å². The number of aromatic nitrogens is 2. The Morgan fingerprint density at radius 1 is 1.23 bits per heavy atom. The SMILES string of the molecule is COCCCNC(=O)[C@H](C)C1CCN(C(=O)c2cn(-c3ccccc3)nc2C)CC1. The van der Waals surface area contributed by atoms with E-state index in [4.69, 9.17) is 4.74 Å². The van der Waals surface area contributed by atoms with Crippen LogP contribution >= 0.6 is 0 Å². The number of para-hydroxylation sites is 1. The van der Waals surface area contributed by atoms with Gasteiger partial charge in [0.05, 0.1) is 16.9 Å². The predicted octanol–water partition coefficient (Wildman–Crippen LogP) is 2.82. The average molecular weight is 413 g/mol. The molecular formula is C23H32N4O3. The largest absolute Gasteiger partial charge is 0.385 e. The van der Waals surface area contributed by atoms with E-state index in [1.165, 1.54) is 0 Å². The van der Waals surface area contributed by atoms with Crippen LogP contribution in [0.5, 0.6) is 0 Å². The second-order valence-corrected chi connectivity index (χ2v) is 7.96. The first-order valence-corrected chi connectivity index (χ1v) is 10.7. The lowest BCUT2D eigenvalue weighted by atomic mass is 9.84. The fraction of sp³-hybridized carbons (Fsp3) is 0.522. The third-order valence-corrected chi connectivity index (χ3v) is 5.92. The summed E-state index contributed by atoms with van der Waals surface area (Å²) in [6.07, 6.45) is 4.31. The Labute approximate surface area is 178 Å². The highest BCUT2D eigenvalue weighted by Crippen LogP contribution is 2.26. The summed E-state index contributed by atoms with van der Waals surface area (Å²) < 4.78 is 6.77. The molecular weight excluding hydrogens is 380 g/mol. The number of rotatable bonds is 8. The molecule has 3 rings (SSSR count). The lowest BCUT2D eigenvalue weighted by molar-refractivity contribution is -0.126. The zero-order valence-electron chi connectivity index (χ0n) is 18.1. The lowest BCUT2D eigenvalue weighted by Crippen LogP contribution is -2.43. The average Bonchev–Trinajstić information content (AvgIpc) is 3.18. The molecule has 7 heteroatoms. The van der Waals surface area contributed by atoms with Gasteiger partial charge in [0, 0.05) is 45.5 Å². The van der Waals surface area contributed by atoms with Crippen LogP contribution in [0.1, 0.15) is 42.2 Å². The van der Waals surface area contributed by atoms with Gasteiger partial charge < -0.3 is 15.0 Å². The van der Waals surface area contributed by atoms with Gasteiger partial charge in [0.1, 0.15) is 0 Å². The minimum absolute atomic E-state index is 0.0183. The number of piperidine rings is 1. The van der Waals surface area contributed by atoms with E-state index in [0.29, 0.717) is 37.7 Å². The number of amides is 2. The fourth-order valence-electron chi connectivity index (χ4n) is 3.96. The Hall–Kier alpha value is -2.67. The molecule has 0 spiro atoms. The van der Waals surface area contributed by atoms with E-state index in [1.54, 1.807) is 11.8 Å². The van der Waals surface area contributed by atoms with Crippen molar-refractivity contribution in [3.63, 3.8) is 0 Å². The Kier molecular flexibility index (Phi) is 7.63. The summed E-state index contributed by atoms with van der Waals surface area (Å²) in [7, 11) is 1.66. The smallest absolute Gasteiger partial charge is 0.257 e. The van der Waals surface area contributed by atoms with Gasteiger partial charge in [-0.3, -0.25) is 9.59 Å². The summed E-state index contributed by atoms with van der Waals surface area (Å²) in [5.74, 6) is 0.359. The van der Waals surface area contributed by atoms with Crippen molar-refractivity contribution in [1.29, 1.82) is 0 Å². The highest BCUT2D eigenvalue weighted by Gasteiger charge is 2.31. The summed E-state index contributed by atoms with van der Waals surface area (Å²) in [5.41, 5.74) is 2.31. The van der Waals surface area contributed by atoms with Crippen molar-refractivity contribution < 1.29 is 14.3 Å². The van der Waals surface area contributed by atoms with Gasteiger partial charge in [-0.2, -0.15) is 5.10 Å². The molecule has 1 aromatic heterocycles. The van der Waals surface area contributed by atoms with E-state index < -0.39 is 0 Å². The molecule has 2 aromatic rings. The number of nitrogens with zero attached hydrogens (tertiary/aromatic N) is 3. The van der Waals surface area contributed by atoms with Crippen molar-refractivity contribution in [3.8, 4) is 5.69 Å². The van der Waals surface area contributed by atoms with Gasteiger partial charge in [-0.1, -0.05) is 25.1 Å². The van der Waals surface area contributed by atoms with E-state index in [-0.39, 0.29) is 17.7 Å². The second kappa shape index (κ2) is 10.4. The molecule has 0 aliphatic carbocycles. The van der Waals surface area contributed by atoms with Crippen LogP contribution in [-0.4, -0.2) is 59.8 Å². The molecule has 1 fully saturated rings. The Morgan fingerprint density at radius 3 is 2.60 bits per heavy atom. The Balaban J connectivity index is 1.54. The van der Waals surface area contributed by atoms with E-state index >= 15 is 0 Å². The molecule has 30 heavy (non-hydrogen) atoms. The molecule has 1 aliphatic rings. The molecule has 1 atom stereocenters. The van der Waals surface area contributed by atoms with Gasteiger partial charge in [-0.25, -0.2) is 4.68 Å². The first kappa shape index (κ1) is 22.0. The summed E-state index contributed by atoms with van der Waals surface area (Å²) in [4.78, 5) is 27.3. The van der Waals surface area contributed by atoms with Crippen molar-refractivity contribution in [2.45, 2.75) is 33.1 Å². The second-order valence-electron chi connectivity index (χ2n) is 7.96. The number of hydrogen-bond acceptors (Lipinski definition) is 4. The standard InChI is InChI=1S/C23H32N4O3/c1-17(22(28)24-12-7-15-30-3)19-10-13-26(14-11-19)23(29)21-16-27(25-18(21)2)20-8-5-4-6-9-20/h4-6,8-9,16-17,19H,7,10-15H2,1-3H3,(H,24,28)/t17-/m1/s1. The third kappa shape index (κ3) is 5.27. The quantitative estimate of drug-likeness (QED) is 0.677. The van der Waals surface area contributed by atoms with Crippen molar-refractivity contribution in [2.24, 2.45) is 11.8 Å². The van der Waals surface area contributed by atoms with E-state index in [2.05, 4.69) is 10.4 Å². The number of benzene rings is 1. The van der Waals surface area contributed by atoms with Gasteiger partial charge in [-0.05, 0) is 44.2 Å². The maximum absolute atomic E-state index is 13.1. The minimum Gasteiger partial charge on any atom is -0.385 e. The molecule has 162 valence electrons. The molecule has 1 aliphatic heterocycles. The number of hydrogen-bond donors (Lipinski definition) is 1. The van der Waals surface area contributed by atoms with Crippen LogP contribution in [0.3, 0.4) is 0 Å². The predicted molar refractivity (Wildman–Crippen MR) is 116 cm³/mol. The number of nitrogens with one attached hydrogen (secondary N) is 1.